The Bertz CT molecular complexity index is 481. The zero-order valence-electron chi connectivity index (χ0n) is 11.3. The fraction of sp³-hybridized carbons (Fsp3) is 0.533. The van der Waals surface area contributed by atoms with Crippen molar-refractivity contribution in [3.63, 3.8) is 0 Å². The lowest BCUT2D eigenvalue weighted by molar-refractivity contribution is 0.0208. The predicted molar refractivity (Wildman–Crippen MR) is 74.8 cm³/mol. The van der Waals surface area contributed by atoms with E-state index in [9.17, 15) is 4.79 Å². The second-order valence-electron chi connectivity index (χ2n) is 5.24. The maximum Gasteiger partial charge on any atom is 0.179 e. The number of carbonyl (C=O) groups is 1. The van der Waals surface area contributed by atoms with Crippen molar-refractivity contribution >= 4 is 11.5 Å². The van der Waals surface area contributed by atoms with Gasteiger partial charge in [-0.15, -0.1) is 0 Å². The number of benzene rings is 1. The summed E-state index contributed by atoms with van der Waals surface area (Å²) in [7, 11) is 0. The Morgan fingerprint density at radius 2 is 2.16 bits per heavy atom. The van der Waals surface area contributed by atoms with Gasteiger partial charge in [-0.1, -0.05) is 0 Å². The monoisotopic (exact) mass is 260 g/mol. The molecule has 19 heavy (non-hydrogen) atoms. The Labute approximate surface area is 113 Å². The van der Waals surface area contributed by atoms with Gasteiger partial charge in [-0.05, 0) is 37.1 Å². The molecule has 1 saturated heterocycles. The van der Waals surface area contributed by atoms with Gasteiger partial charge in [0, 0.05) is 30.9 Å². The first-order chi connectivity index (χ1) is 9.25. The van der Waals surface area contributed by atoms with Gasteiger partial charge in [0.1, 0.15) is 0 Å². The van der Waals surface area contributed by atoms with Gasteiger partial charge in [0.25, 0.3) is 0 Å². The number of ketones is 1. The molecule has 1 aromatic rings. The third kappa shape index (κ3) is 2.51. The second-order valence-corrected chi connectivity index (χ2v) is 5.24. The van der Waals surface area contributed by atoms with Crippen molar-refractivity contribution in [3.05, 3.63) is 29.3 Å². The van der Waals surface area contributed by atoms with Crippen LogP contribution in [0.4, 0.5) is 5.69 Å². The van der Waals surface area contributed by atoms with E-state index in [1.54, 1.807) is 0 Å². The first-order valence-corrected chi connectivity index (χ1v) is 6.98. The number of ether oxygens (including phenoxy) is 1. The number of anilines is 1. The van der Waals surface area contributed by atoms with Crippen LogP contribution < -0.4 is 5.32 Å². The van der Waals surface area contributed by atoms with E-state index in [1.165, 1.54) is 11.3 Å². The van der Waals surface area contributed by atoms with E-state index in [1.807, 2.05) is 19.1 Å². The van der Waals surface area contributed by atoms with Gasteiger partial charge in [-0.2, -0.15) is 0 Å². The summed E-state index contributed by atoms with van der Waals surface area (Å²) in [5.74, 6) is 0.219. The van der Waals surface area contributed by atoms with Gasteiger partial charge in [0.05, 0.1) is 19.3 Å². The SMILES string of the molecule is CC(C(=O)c1ccc2c(c1)CCN2)N1CCOCC1. The highest BCUT2D eigenvalue weighted by molar-refractivity contribution is 6.00. The number of nitrogens with zero attached hydrogens (tertiary/aromatic N) is 1. The van der Waals surface area contributed by atoms with Crippen LogP contribution in [-0.2, 0) is 11.2 Å². The Kier molecular flexibility index (Phi) is 3.53. The minimum absolute atomic E-state index is 0.0590. The zero-order chi connectivity index (χ0) is 13.2. The summed E-state index contributed by atoms with van der Waals surface area (Å²) >= 11 is 0. The van der Waals surface area contributed by atoms with Crippen molar-refractivity contribution < 1.29 is 9.53 Å². The molecule has 0 amide bonds. The molecule has 0 saturated carbocycles. The zero-order valence-corrected chi connectivity index (χ0v) is 11.3. The topological polar surface area (TPSA) is 41.6 Å². The molecule has 1 atom stereocenters. The van der Waals surface area contributed by atoms with Crippen LogP contribution >= 0.6 is 0 Å². The molecule has 1 N–H and O–H groups in total. The Morgan fingerprint density at radius 1 is 1.37 bits per heavy atom. The first-order valence-electron chi connectivity index (χ1n) is 6.98. The van der Waals surface area contributed by atoms with Crippen LogP contribution in [0, 0.1) is 0 Å². The van der Waals surface area contributed by atoms with Crippen molar-refractivity contribution in [2.75, 3.05) is 38.2 Å². The molecule has 3 rings (SSSR count). The number of Topliss-reactive ketones (excluding diaryl/α,β-unsaturated/α-hetero) is 1. The van der Waals surface area contributed by atoms with E-state index in [0.717, 1.165) is 44.8 Å². The van der Waals surface area contributed by atoms with E-state index in [4.69, 9.17) is 4.74 Å². The maximum absolute atomic E-state index is 12.5. The summed E-state index contributed by atoms with van der Waals surface area (Å²) < 4.78 is 5.33. The molecule has 0 aromatic heterocycles. The van der Waals surface area contributed by atoms with Gasteiger partial charge in [-0.3, -0.25) is 9.69 Å². The van der Waals surface area contributed by atoms with Crippen LogP contribution in [0.3, 0.4) is 0 Å². The number of carbonyl (C=O) groups excluding carboxylic acids is 1. The summed E-state index contributed by atoms with van der Waals surface area (Å²) in [6.07, 6.45) is 1.02. The standard InChI is InChI=1S/C15H20N2O2/c1-11(17-6-8-19-9-7-17)15(18)13-2-3-14-12(10-13)4-5-16-14/h2-3,10-11,16H,4-9H2,1H3. The number of rotatable bonds is 3. The molecule has 0 aliphatic carbocycles. The molecule has 0 bridgehead atoms. The number of nitrogens with one attached hydrogen (secondary N) is 1. The third-order valence-corrected chi connectivity index (χ3v) is 4.07. The number of morpholine rings is 1. The van der Waals surface area contributed by atoms with Crippen molar-refractivity contribution in [3.8, 4) is 0 Å². The molecule has 102 valence electrons. The van der Waals surface area contributed by atoms with E-state index in [-0.39, 0.29) is 11.8 Å². The van der Waals surface area contributed by atoms with Crippen LogP contribution in [-0.4, -0.2) is 49.6 Å². The largest absolute Gasteiger partial charge is 0.384 e. The van der Waals surface area contributed by atoms with Crippen LogP contribution in [0.5, 0.6) is 0 Å². The maximum atomic E-state index is 12.5. The van der Waals surface area contributed by atoms with E-state index in [2.05, 4.69) is 16.3 Å². The number of hydrogen-bond acceptors (Lipinski definition) is 4. The Morgan fingerprint density at radius 3 is 2.95 bits per heavy atom. The van der Waals surface area contributed by atoms with Gasteiger partial charge >= 0.3 is 0 Å². The van der Waals surface area contributed by atoms with E-state index < -0.39 is 0 Å². The second kappa shape index (κ2) is 5.31. The number of fused-ring (bicyclic) bond motifs is 1. The van der Waals surface area contributed by atoms with Crippen molar-refractivity contribution in [1.82, 2.24) is 4.90 Å². The van der Waals surface area contributed by atoms with E-state index in [0.29, 0.717) is 0 Å². The molecule has 0 spiro atoms. The minimum Gasteiger partial charge on any atom is -0.384 e. The van der Waals surface area contributed by atoms with Gasteiger partial charge in [0.15, 0.2) is 5.78 Å². The molecule has 1 fully saturated rings. The molecule has 4 nitrogen and oxygen atoms in total. The molecule has 2 aliphatic heterocycles. The van der Waals surface area contributed by atoms with E-state index >= 15 is 0 Å². The number of hydrogen-bond donors (Lipinski definition) is 1. The Hall–Kier alpha value is -1.39. The lowest BCUT2D eigenvalue weighted by Gasteiger charge is -2.31. The molecule has 2 heterocycles. The highest BCUT2D eigenvalue weighted by Gasteiger charge is 2.24. The van der Waals surface area contributed by atoms with Gasteiger partial charge in [-0.25, -0.2) is 0 Å². The molecule has 0 radical (unpaired) electrons. The van der Waals surface area contributed by atoms with Crippen molar-refractivity contribution in [2.45, 2.75) is 19.4 Å². The molecule has 1 aromatic carbocycles. The fourth-order valence-corrected chi connectivity index (χ4v) is 2.83. The highest BCUT2D eigenvalue weighted by atomic mass is 16.5. The fourth-order valence-electron chi connectivity index (χ4n) is 2.83. The highest BCUT2D eigenvalue weighted by Crippen LogP contribution is 2.24. The van der Waals surface area contributed by atoms with Crippen molar-refractivity contribution in [2.24, 2.45) is 0 Å². The van der Waals surface area contributed by atoms with Crippen LogP contribution in [0.15, 0.2) is 18.2 Å². The normalized spacial score (nSPS) is 20.7. The molecular formula is C15H20N2O2. The van der Waals surface area contributed by atoms with Gasteiger partial charge in [0.2, 0.25) is 0 Å². The summed E-state index contributed by atoms with van der Waals surface area (Å²) in [5, 5.41) is 3.32. The molecule has 4 heteroatoms. The average Bonchev–Trinajstić information content (AvgIpc) is 2.94. The first kappa shape index (κ1) is 12.6. The third-order valence-electron chi connectivity index (χ3n) is 4.07. The summed E-state index contributed by atoms with van der Waals surface area (Å²) in [6.45, 7) is 6.13. The molecular weight excluding hydrogens is 240 g/mol. The smallest absolute Gasteiger partial charge is 0.179 e. The van der Waals surface area contributed by atoms with Gasteiger partial charge < -0.3 is 10.1 Å². The van der Waals surface area contributed by atoms with Crippen LogP contribution in [0.25, 0.3) is 0 Å². The summed E-state index contributed by atoms with van der Waals surface area (Å²) in [6, 6.07) is 5.96. The quantitative estimate of drug-likeness (QED) is 0.837. The molecule has 2 aliphatic rings. The minimum atomic E-state index is -0.0590. The lowest BCUT2D eigenvalue weighted by atomic mass is 10.0. The lowest BCUT2D eigenvalue weighted by Crippen LogP contribution is -2.45. The van der Waals surface area contributed by atoms with Crippen molar-refractivity contribution in [1.29, 1.82) is 0 Å². The predicted octanol–water partition coefficient (Wildman–Crippen LogP) is 1.56. The summed E-state index contributed by atoms with van der Waals surface area (Å²) in [5.41, 5.74) is 3.28. The molecule has 1 unspecified atom stereocenters. The van der Waals surface area contributed by atoms with Crippen LogP contribution in [0.2, 0.25) is 0 Å². The Balaban J connectivity index is 1.75. The summed E-state index contributed by atoms with van der Waals surface area (Å²) in [4.78, 5) is 14.7. The average molecular weight is 260 g/mol. The van der Waals surface area contributed by atoms with Crippen LogP contribution in [0.1, 0.15) is 22.8 Å².